The maximum Gasteiger partial charge on any atom is 0.343 e. The highest BCUT2D eigenvalue weighted by atomic mass is 19.1. The molecule has 2 N–H and O–H groups in total. The van der Waals surface area contributed by atoms with Gasteiger partial charge in [0.15, 0.2) is 0 Å². The predicted molar refractivity (Wildman–Crippen MR) is 61.0 cm³/mol. The van der Waals surface area contributed by atoms with Crippen molar-refractivity contribution in [1.82, 2.24) is 0 Å². The first-order chi connectivity index (χ1) is 8.01. The Labute approximate surface area is 98.3 Å². The number of phenolic OH excluding ortho intramolecular Hbond substituents is 1. The zero-order chi connectivity index (χ0) is 12.5. The average molecular weight is 239 g/mol. The van der Waals surface area contributed by atoms with Gasteiger partial charge in [-0.15, -0.1) is 0 Å². The lowest BCUT2D eigenvalue weighted by atomic mass is 9.94. The fourth-order valence-corrected chi connectivity index (χ4v) is 2.07. The van der Waals surface area contributed by atoms with Crippen molar-refractivity contribution < 1.29 is 19.4 Å². The van der Waals surface area contributed by atoms with Gasteiger partial charge in [-0.2, -0.15) is 0 Å². The second-order valence-electron chi connectivity index (χ2n) is 4.31. The molecule has 1 aliphatic rings. The minimum Gasteiger partial charge on any atom is -0.508 e. The van der Waals surface area contributed by atoms with Crippen molar-refractivity contribution in [2.75, 3.05) is 18.0 Å². The summed E-state index contributed by atoms with van der Waals surface area (Å²) in [5, 5.41) is 18.0. The Bertz CT molecular complexity index is 420. The highest BCUT2D eigenvalue weighted by Crippen LogP contribution is 2.29. The van der Waals surface area contributed by atoms with Gasteiger partial charge in [-0.1, -0.05) is 0 Å². The number of nitrogens with zero attached hydrogens (tertiary/aromatic N) is 1. The van der Waals surface area contributed by atoms with E-state index in [2.05, 4.69) is 0 Å². The number of aromatic hydroxyl groups is 1. The van der Waals surface area contributed by atoms with Crippen LogP contribution in [0.25, 0.3) is 0 Å². The van der Waals surface area contributed by atoms with Gasteiger partial charge in [0.05, 0.1) is 6.54 Å². The molecule has 1 aromatic rings. The van der Waals surface area contributed by atoms with Crippen LogP contribution in [0.3, 0.4) is 0 Å². The smallest absolute Gasteiger partial charge is 0.343 e. The molecular formula is C12H14FNO3. The summed E-state index contributed by atoms with van der Waals surface area (Å²) in [5.74, 6) is -1.27. The van der Waals surface area contributed by atoms with E-state index in [0.717, 1.165) is 5.69 Å². The number of carboxylic acid groups (broad SMARTS) is 1. The maximum absolute atomic E-state index is 14.0. The molecule has 0 saturated carbocycles. The van der Waals surface area contributed by atoms with Crippen LogP contribution in [0, 0.1) is 0 Å². The summed E-state index contributed by atoms with van der Waals surface area (Å²) in [4.78, 5) is 12.6. The third-order valence-electron chi connectivity index (χ3n) is 3.04. The number of aliphatic carboxylic acids is 1. The van der Waals surface area contributed by atoms with Gasteiger partial charge >= 0.3 is 5.97 Å². The van der Waals surface area contributed by atoms with Gasteiger partial charge in [0, 0.05) is 12.2 Å². The molecule has 1 aliphatic heterocycles. The molecule has 0 aliphatic carbocycles. The van der Waals surface area contributed by atoms with Crippen molar-refractivity contribution in [2.24, 2.45) is 0 Å². The van der Waals surface area contributed by atoms with E-state index in [4.69, 9.17) is 10.2 Å². The zero-order valence-corrected chi connectivity index (χ0v) is 9.27. The number of hydrogen-bond donors (Lipinski definition) is 2. The minimum atomic E-state index is -2.17. The molecule has 1 fully saturated rings. The minimum absolute atomic E-state index is 0.0525. The molecular weight excluding hydrogens is 225 g/mol. The SMILES string of the molecule is O=C(O)C1(F)CCCN(c2ccc(O)cc2)C1. The molecule has 1 atom stereocenters. The molecule has 0 radical (unpaired) electrons. The second kappa shape index (κ2) is 4.24. The normalized spacial score (nSPS) is 24.6. The van der Waals surface area contributed by atoms with E-state index < -0.39 is 11.6 Å². The molecule has 1 aromatic carbocycles. The van der Waals surface area contributed by atoms with Crippen molar-refractivity contribution in [3.8, 4) is 5.75 Å². The van der Waals surface area contributed by atoms with Crippen molar-refractivity contribution in [3.05, 3.63) is 24.3 Å². The van der Waals surface area contributed by atoms with Crippen LogP contribution in [0.2, 0.25) is 0 Å². The van der Waals surface area contributed by atoms with E-state index in [1.165, 1.54) is 12.1 Å². The number of alkyl halides is 1. The number of benzene rings is 1. The first-order valence-corrected chi connectivity index (χ1v) is 5.47. The van der Waals surface area contributed by atoms with Crippen molar-refractivity contribution in [3.63, 3.8) is 0 Å². The van der Waals surface area contributed by atoms with Crippen LogP contribution >= 0.6 is 0 Å². The average Bonchev–Trinajstić information content (AvgIpc) is 2.30. The fraction of sp³-hybridized carbons (Fsp3) is 0.417. The summed E-state index contributed by atoms with van der Waals surface area (Å²) in [6.45, 7) is 0.483. The molecule has 1 saturated heterocycles. The Hall–Kier alpha value is -1.78. The Morgan fingerprint density at radius 1 is 1.35 bits per heavy atom. The van der Waals surface area contributed by atoms with Crippen LogP contribution in [0.15, 0.2) is 24.3 Å². The number of anilines is 1. The lowest BCUT2D eigenvalue weighted by Crippen LogP contribution is -2.50. The van der Waals surface area contributed by atoms with Gasteiger partial charge < -0.3 is 15.1 Å². The molecule has 0 aromatic heterocycles. The molecule has 1 heterocycles. The largest absolute Gasteiger partial charge is 0.508 e. The summed E-state index contributed by atoms with van der Waals surface area (Å²) >= 11 is 0. The molecule has 2 rings (SSSR count). The Morgan fingerprint density at radius 2 is 2.00 bits per heavy atom. The van der Waals surface area contributed by atoms with Crippen LogP contribution < -0.4 is 4.90 Å². The molecule has 17 heavy (non-hydrogen) atoms. The lowest BCUT2D eigenvalue weighted by Gasteiger charge is -2.36. The summed E-state index contributed by atoms with van der Waals surface area (Å²) < 4.78 is 14.0. The topological polar surface area (TPSA) is 60.8 Å². The summed E-state index contributed by atoms with van der Waals surface area (Å²) in [5.41, 5.74) is -1.44. The number of carbonyl (C=O) groups is 1. The number of hydrogen-bond acceptors (Lipinski definition) is 3. The molecule has 5 heteroatoms. The van der Waals surface area contributed by atoms with Gasteiger partial charge in [0.1, 0.15) is 5.75 Å². The summed E-state index contributed by atoms with van der Waals surface area (Å²) in [7, 11) is 0. The summed E-state index contributed by atoms with van der Waals surface area (Å²) in [6.07, 6.45) is 0.556. The molecule has 0 bridgehead atoms. The standard InChI is InChI=1S/C12H14FNO3/c13-12(11(16)17)6-1-7-14(8-12)9-2-4-10(15)5-3-9/h2-5,15H,1,6-8H2,(H,16,17). The van der Waals surface area contributed by atoms with Crippen molar-refractivity contribution >= 4 is 11.7 Å². The zero-order valence-electron chi connectivity index (χ0n) is 9.27. The van der Waals surface area contributed by atoms with Crippen molar-refractivity contribution in [1.29, 1.82) is 0 Å². The van der Waals surface area contributed by atoms with E-state index in [1.54, 1.807) is 17.0 Å². The molecule has 92 valence electrons. The van der Waals surface area contributed by atoms with Gasteiger partial charge in [-0.3, -0.25) is 0 Å². The van der Waals surface area contributed by atoms with E-state index in [0.29, 0.717) is 13.0 Å². The lowest BCUT2D eigenvalue weighted by molar-refractivity contribution is -0.151. The van der Waals surface area contributed by atoms with E-state index in [9.17, 15) is 9.18 Å². The predicted octanol–water partition coefficient (Wildman–Crippen LogP) is 1.79. The van der Waals surface area contributed by atoms with Crippen molar-refractivity contribution in [2.45, 2.75) is 18.5 Å². The van der Waals surface area contributed by atoms with Crippen LogP contribution in [0.4, 0.5) is 10.1 Å². The number of piperidine rings is 1. The Balaban J connectivity index is 2.17. The van der Waals surface area contributed by atoms with E-state index in [1.807, 2.05) is 0 Å². The first kappa shape index (κ1) is 11.7. The number of carboxylic acids is 1. The van der Waals surface area contributed by atoms with Crippen LogP contribution in [-0.4, -0.2) is 34.9 Å². The van der Waals surface area contributed by atoms with E-state index >= 15 is 0 Å². The molecule has 0 amide bonds. The monoisotopic (exact) mass is 239 g/mol. The Morgan fingerprint density at radius 3 is 2.59 bits per heavy atom. The fourth-order valence-electron chi connectivity index (χ4n) is 2.07. The highest BCUT2D eigenvalue weighted by Gasteiger charge is 2.42. The van der Waals surface area contributed by atoms with Crippen LogP contribution in [0.5, 0.6) is 5.75 Å². The maximum atomic E-state index is 14.0. The number of halogens is 1. The Kier molecular flexibility index (Phi) is 2.92. The van der Waals surface area contributed by atoms with Gasteiger partial charge in [-0.05, 0) is 37.1 Å². The van der Waals surface area contributed by atoms with Gasteiger partial charge in [-0.25, -0.2) is 9.18 Å². The molecule has 1 unspecified atom stereocenters. The van der Waals surface area contributed by atoms with E-state index in [-0.39, 0.29) is 18.7 Å². The number of rotatable bonds is 2. The van der Waals surface area contributed by atoms with Gasteiger partial charge in [0.25, 0.3) is 0 Å². The van der Waals surface area contributed by atoms with Gasteiger partial charge in [0.2, 0.25) is 5.67 Å². The third-order valence-corrected chi connectivity index (χ3v) is 3.04. The quantitative estimate of drug-likeness (QED) is 0.826. The molecule has 0 spiro atoms. The number of phenols is 1. The van der Waals surface area contributed by atoms with Crippen LogP contribution in [0.1, 0.15) is 12.8 Å². The third kappa shape index (κ3) is 2.33. The van der Waals surface area contributed by atoms with Crippen LogP contribution in [-0.2, 0) is 4.79 Å². The second-order valence-corrected chi connectivity index (χ2v) is 4.31. The summed E-state index contributed by atoms with van der Waals surface area (Å²) in [6, 6.07) is 6.32. The highest BCUT2D eigenvalue weighted by molar-refractivity contribution is 5.78. The first-order valence-electron chi connectivity index (χ1n) is 5.47. The molecule has 4 nitrogen and oxygen atoms in total.